The van der Waals surface area contributed by atoms with Gasteiger partial charge in [0.2, 0.25) is 0 Å². The van der Waals surface area contributed by atoms with E-state index < -0.39 is 11.7 Å². The normalized spacial score (nSPS) is 8.63. The molecule has 0 aliphatic rings. The number of benzene rings is 1. The van der Waals surface area contributed by atoms with Crippen molar-refractivity contribution in [2.45, 2.75) is 41.5 Å². The average molecular weight is 303 g/mol. The van der Waals surface area contributed by atoms with Gasteiger partial charge >= 0.3 is 23.3 Å². The molecule has 1 rings (SSSR count). The van der Waals surface area contributed by atoms with Crippen molar-refractivity contribution in [2.75, 3.05) is 0 Å². The molecule has 1 aromatic carbocycles. The van der Waals surface area contributed by atoms with E-state index in [0.29, 0.717) is 0 Å². The third-order valence-electron chi connectivity index (χ3n) is 1.12. The minimum Gasteiger partial charge on any atom is -0.872 e. The fraction of sp³-hybridized carbons (Fsp3) is 0.400. The van der Waals surface area contributed by atoms with Gasteiger partial charge in [-0.25, -0.2) is 4.79 Å². The predicted octanol–water partition coefficient (Wildman–Crippen LogP) is 3.70. The summed E-state index contributed by atoms with van der Waals surface area (Å²) in [4.78, 5) is 10.2. The van der Waals surface area contributed by atoms with Crippen LogP contribution in [0.5, 0.6) is 5.75 Å². The number of aromatic carboxylic acids is 1. The van der Waals surface area contributed by atoms with Crippen molar-refractivity contribution in [1.29, 1.82) is 0 Å². The molecule has 1 N–H and O–H groups in total. The fourth-order valence-corrected chi connectivity index (χ4v) is 0.643. The van der Waals surface area contributed by atoms with Crippen LogP contribution in [0.2, 0.25) is 0 Å². The second-order valence-corrected chi connectivity index (χ2v) is 4.80. The molecule has 4 heteroatoms. The second kappa shape index (κ2) is 13.5. The van der Waals surface area contributed by atoms with Gasteiger partial charge in [0.25, 0.3) is 0 Å². The van der Waals surface area contributed by atoms with Crippen LogP contribution in [-0.2, 0) is 17.4 Å². The quantitative estimate of drug-likeness (QED) is 0.805. The summed E-state index contributed by atoms with van der Waals surface area (Å²) >= 11 is 0. The van der Waals surface area contributed by atoms with Crippen molar-refractivity contribution in [2.24, 2.45) is 0 Å². The zero-order chi connectivity index (χ0) is 14.7. The maximum absolute atomic E-state index is 10.7. The van der Waals surface area contributed by atoms with Crippen molar-refractivity contribution in [3.05, 3.63) is 41.7 Å². The smallest absolute Gasteiger partial charge is 0.872 e. The van der Waals surface area contributed by atoms with Gasteiger partial charge in [-0.2, -0.15) is 41.5 Å². The number of hydrogen-bond donors (Lipinski definition) is 1. The summed E-state index contributed by atoms with van der Waals surface area (Å²) in [7, 11) is 0. The minimum absolute atomic E-state index is 0. The van der Waals surface area contributed by atoms with Gasteiger partial charge in [-0.15, -0.1) is 0 Å². The van der Waals surface area contributed by atoms with Crippen LogP contribution in [-0.4, -0.2) is 11.1 Å². The summed E-state index contributed by atoms with van der Waals surface area (Å²) in [6, 6.07) is 5.54. The first-order valence-corrected chi connectivity index (χ1v) is 5.71. The van der Waals surface area contributed by atoms with E-state index in [9.17, 15) is 9.90 Å². The summed E-state index contributed by atoms with van der Waals surface area (Å²) in [5, 5.41) is 19.0. The number of hydrogen-bond acceptors (Lipinski definition) is 2. The fourth-order valence-electron chi connectivity index (χ4n) is 0.643. The largest absolute Gasteiger partial charge is 3.00 e. The van der Waals surface area contributed by atoms with Crippen LogP contribution in [0.25, 0.3) is 0 Å². The first-order chi connectivity index (χ1) is 8.18. The third-order valence-corrected chi connectivity index (χ3v) is 1.12. The molecule has 0 unspecified atom stereocenters. The van der Waals surface area contributed by atoms with Crippen LogP contribution in [0.3, 0.4) is 0 Å². The van der Waals surface area contributed by atoms with Crippen LogP contribution in [0.15, 0.2) is 24.3 Å². The van der Waals surface area contributed by atoms with E-state index >= 15 is 0 Å². The number of carboxylic acid groups (broad SMARTS) is 1. The molecule has 0 saturated heterocycles. The molecular formula is C15H23CrO3. The summed E-state index contributed by atoms with van der Waals surface area (Å²) in [5.74, 6) is 1.21. The summed E-state index contributed by atoms with van der Waals surface area (Å²) in [6.45, 7) is 12.5. The van der Waals surface area contributed by atoms with Crippen LogP contribution in [0.4, 0.5) is 0 Å². The van der Waals surface area contributed by atoms with Gasteiger partial charge in [0.05, 0.1) is 5.56 Å². The first-order valence-electron chi connectivity index (χ1n) is 5.71. The molecule has 0 atom stereocenters. The Morgan fingerprint density at radius 1 is 1.00 bits per heavy atom. The molecular weight excluding hydrogens is 280 g/mol. The van der Waals surface area contributed by atoms with E-state index in [1.165, 1.54) is 36.1 Å². The van der Waals surface area contributed by atoms with Crippen LogP contribution in [0, 0.1) is 11.8 Å². The van der Waals surface area contributed by atoms with Gasteiger partial charge in [-0.3, -0.25) is 0 Å². The number of rotatable bonds is 1. The molecule has 0 bridgehead atoms. The Morgan fingerprint density at radius 2 is 1.32 bits per heavy atom. The topological polar surface area (TPSA) is 60.4 Å². The van der Waals surface area contributed by atoms with E-state index in [0.717, 1.165) is 0 Å². The SMILES string of the molecule is C[C-](C)C.C[C-](C)C.O=C(O)c1ccccc1[O-].[Cr+3]. The Kier molecular flexibility index (Phi) is 16.4. The molecule has 19 heavy (non-hydrogen) atoms. The monoisotopic (exact) mass is 303 g/mol. The van der Waals surface area contributed by atoms with Gasteiger partial charge in [-0.05, 0) is 6.07 Å². The molecule has 1 aromatic rings. The van der Waals surface area contributed by atoms with Crippen molar-refractivity contribution < 1.29 is 32.4 Å². The maximum Gasteiger partial charge on any atom is 3.00 e. The maximum atomic E-state index is 10.7. The summed E-state index contributed by atoms with van der Waals surface area (Å²) < 4.78 is 0. The van der Waals surface area contributed by atoms with Crippen molar-refractivity contribution >= 4 is 5.97 Å². The van der Waals surface area contributed by atoms with E-state index in [2.05, 4.69) is 41.5 Å². The van der Waals surface area contributed by atoms with Crippen LogP contribution in [0.1, 0.15) is 51.9 Å². The van der Waals surface area contributed by atoms with E-state index in [-0.39, 0.29) is 22.9 Å². The molecule has 1 radical (unpaired) electrons. The van der Waals surface area contributed by atoms with Crippen molar-refractivity contribution in [3.8, 4) is 5.75 Å². The molecule has 0 spiro atoms. The van der Waals surface area contributed by atoms with Gasteiger partial charge in [0, 0.05) is 0 Å². The molecule has 0 aliphatic carbocycles. The van der Waals surface area contributed by atoms with Crippen molar-refractivity contribution in [3.63, 3.8) is 0 Å². The van der Waals surface area contributed by atoms with Crippen molar-refractivity contribution in [1.82, 2.24) is 0 Å². The Hall–Kier alpha value is -0.978. The molecule has 0 saturated carbocycles. The Bertz CT molecular complexity index is 324. The Morgan fingerprint density at radius 3 is 1.53 bits per heavy atom. The van der Waals surface area contributed by atoms with Crippen LogP contribution >= 0.6 is 0 Å². The second-order valence-electron chi connectivity index (χ2n) is 4.80. The van der Waals surface area contributed by atoms with Gasteiger partial charge < -0.3 is 22.0 Å². The summed E-state index contributed by atoms with van der Waals surface area (Å²) in [6.07, 6.45) is 0. The van der Waals surface area contributed by atoms with Gasteiger partial charge in [0.1, 0.15) is 0 Å². The Balaban J connectivity index is -0.000000242. The summed E-state index contributed by atoms with van der Waals surface area (Å²) in [5.41, 5.74) is -0.178. The zero-order valence-corrected chi connectivity index (χ0v) is 13.8. The predicted molar refractivity (Wildman–Crippen MR) is 73.4 cm³/mol. The number of carbonyl (C=O) groups is 1. The minimum atomic E-state index is -1.18. The molecule has 0 heterocycles. The van der Waals surface area contributed by atoms with E-state index in [1.54, 1.807) is 0 Å². The van der Waals surface area contributed by atoms with Gasteiger partial charge in [-0.1, -0.05) is 23.9 Å². The number of para-hydroxylation sites is 1. The van der Waals surface area contributed by atoms with Gasteiger partial charge in [0.15, 0.2) is 0 Å². The molecule has 0 aliphatic heterocycles. The van der Waals surface area contributed by atoms with E-state index in [1.807, 2.05) is 0 Å². The van der Waals surface area contributed by atoms with E-state index in [4.69, 9.17) is 5.11 Å². The first kappa shape index (κ1) is 23.1. The third kappa shape index (κ3) is 19.5. The Labute approximate surface area is 127 Å². The zero-order valence-electron chi connectivity index (χ0n) is 12.5. The average Bonchev–Trinajstić information content (AvgIpc) is 2.15. The molecule has 3 nitrogen and oxygen atoms in total. The molecule has 107 valence electrons. The number of carboxylic acids is 1. The standard InChI is InChI=1S/C7H6O3.2C4H9.Cr/c8-6-4-2-1-3-5(6)7(9)10;2*1-4(2)3;/h1-4,8H,(H,9,10);2*1-3H3;/q;2*-1;+3/p-1. The van der Waals surface area contributed by atoms with Crippen LogP contribution < -0.4 is 5.11 Å². The molecule has 0 aromatic heterocycles. The molecule has 0 amide bonds. The molecule has 0 fully saturated rings.